The van der Waals surface area contributed by atoms with Crippen molar-refractivity contribution in [1.82, 2.24) is 24.4 Å². The van der Waals surface area contributed by atoms with Crippen LogP contribution in [0, 0.1) is 0 Å². The molecule has 128 valence electrons. The Labute approximate surface area is 148 Å². The molecule has 5 nitrogen and oxygen atoms in total. The summed E-state index contributed by atoms with van der Waals surface area (Å²) in [5.74, 6) is 0.443. The number of aryl methyl sites for hydroxylation is 1. The van der Waals surface area contributed by atoms with Gasteiger partial charge in [0.1, 0.15) is 5.69 Å². The Hall–Kier alpha value is -2.53. The van der Waals surface area contributed by atoms with Crippen molar-refractivity contribution in [1.29, 1.82) is 0 Å². The number of rotatable bonds is 4. The van der Waals surface area contributed by atoms with E-state index in [-0.39, 0.29) is 0 Å². The van der Waals surface area contributed by atoms with E-state index in [1.807, 2.05) is 30.2 Å². The molecule has 1 aliphatic heterocycles. The molecule has 1 aromatic carbocycles. The van der Waals surface area contributed by atoms with E-state index < -0.39 is 0 Å². The van der Waals surface area contributed by atoms with E-state index in [1.54, 1.807) is 6.33 Å². The fraction of sp³-hybridized carbons (Fsp3) is 0.350. The summed E-state index contributed by atoms with van der Waals surface area (Å²) in [7, 11) is 1.99. The van der Waals surface area contributed by atoms with Crippen molar-refractivity contribution in [2.24, 2.45) is 7.05 Å². The number of nitrogens with zero attached hydrogens (tertiary/aromatic N) is 5. The van der Waals surface area contributed by atoms with Crippen LogP contribution < -0.4 is 0 Å². The molecule has 0 unspecified atom stereocenters. The molecule has 0 amide bonds. The molecule has 3 aromatic rings. The highest BCUT2D eigenvalue weighted by atomic mass is 15.1. The predicted octanol–water partition coefficient (Wildman–Crippen LogP) is 3.26. The Balaban J connectivity index is 1.51. The molecule has 0 bridgehead atoms. The number of hydrogen-bond donors (Lipinski definition) is 0. The van der Waals surface area contributed by atoms with Gasteiger partial charge in [-0.1, -0.05) is 30.3 Å². The minimum atomic E-state index is 0.443. The van der Waals surface area contributed by atoms with Gasteiger partial charge < -0.3 is 4.57 Å². The lowest BCUT2D eigenvalue weighted by molar-refractivity contribution is 0.198. The van der Waals surface area contributed by atoms with E-state index >= 15 is 0 Å². The fourth-order valence-electron chi connectivity index (χ4n) is 3.59. The topological polar surface area (TPSA) is 46.8 Å². The third-order valence-electron chi connectivity index (χ3n) is 4.91. The van der Waals surface area contributed by atoms with E-state index in [1.165, 1.54) is 18.4 Å². The first-order valence-electron chi connectivity index (χ1n) is 8.84. The van der Waals surface area contributed by atoms with Crippen LogP contribution >= 0.6 is 0 Å². The monoisotopic (exact) mass is 333 g/mol. The van der Waals surface area contributed by atoms with Crippen molar-refractivity contribution in [2.45, 2.75) is 25.3 Å². The Morgan fingerprint density at radius 1 is 1.08 bits per heavy atom. The fourth-order valence-corrected chi connectivity index (χ4v) is 3.59. The summed E-state index contributed by atoms with van der Waals surface area (Å²) in [6, 6.07) is 10.7. The van der Waals surface area contributed by atoms with Crippen molar-refractivity contribution < 1.29 is 0 Å². The van der Waals surface area contributed by atoms with E-state index in [9.17, 15) is 0 Å². The van der Waals surface area contributed by atoms with Gasteiger partial charge in [-0.3, -0.25) is 9.88 Å². The third-order valence-corrected chi connectivity index (χ3v) is 4.91. The molecule has 0 aliphatic carbocycles. The molecule has 4 rings (SSSR count). The molecule has 1 aliphatic rings. The molecule has 2 aromatic heterocycles. The normalized spacial score (nSPS) is 18.4. The summed E-state index contributed by atoms with van der Waals surface area (Å²) in [5, 5.41) is 0. The molecule has 0 radical (unpaired) electrons. The van der Waals surface area contributed by atoms with Gasteiger partial charge in [0.15, 0.2) is 0 Å². The maximum atomic E-state index is 4.89. The standard InChI is InChI=1S/C20H23N5/c1-24-15-22-12-20(24)19-11-21-10-18(23-19)17-8-5-9-25(14-17)13-16-6-3-2-4-7-16/h2-4,6-7,10-12,15,17H,5,8-9,13-14H2,1H3/t17-/m0/s1. The lowest BCUT2D eigenvalue weighted by atomic mass is 9.94. The van der Waals surface area contributed by atoms with Gasteiger partial charge in [-0.05, 0) is 24.9 Å². The van der Waals surface area contributed by atoms with Crippen molar-refractivity contribution in [3.05, 3.63) is 66.5 Å². The molecule has 0 spiro atoms. The van der Waals surface area contributed by atoms with Crippen LogP contribution in [0.25, 0.3) is 11.4 Å². The average molecular weight is 333 g/mol. The van der Waals surface area contributed by atoms with Crippen LogP contribution in [-0.2, 0) is 13.6 Å². The first kappa shape index (κ1) is 16.0. The summed E-state index contributed by atoms with van der Waals surface area (Å²) >= 11 is 0. The average Bonchev–Trinajstić information content (AvgIpc) is 3.09. The molecule has 0 N–H and O–H groups in total. The van der Waals surface area contributed by atoms with Gasteiger partial charge in [0, 0.05) is 32.3 Å². The largest absolute Gasteiger partial charge is 0.332 e. The Kier molecular flexibility index (Phi) is 4.57. The Morgan fingerprint density at radius 3 is 2.76 bits per heavy atom. The van der Waals surface area contributed by atoms with Gasteiger partial charge >= 0.3 is 0 Å². The maximum Gasteiger partial charge on any atom is 0.107 e. The molecular formula is C20H23N5. The minimum absolute atomic E-state index is 0.443. The molecule has 1 saturated heterocycles. The van der Waals surface area contributed by atoms with Crippen molar-refractivity contribution >= 4 is 0 Å². The molecule has 3 heterocycles. The van der Waals surface area contributed by atoms with Gasteiger partial charge in [-0.15, -0.1) is 0 Å². The molecule has 0 saturated carbocycles. The lowest BCUT2D eigenvalue weighted by Gasteiger charge is -2.32. The number of likely N-dealkylation sites (tertiary alicyclic amines) is 1. The van der Waals surface area contributed by atoms with Gasteiger partial charge in [-0.2, -0.15) is 0 Å². The van der Waals surface area contributed by atoms with E-state index in [4.69, 9.17) is 4.98 Å². The Morgan fingerprint density at radius 2 is 1.96 bits per heavy atom. The zero-order valence-corrected chi connectivity index (χ0v) is 14.5. The van der Waals surface area contributed by atoms with E-state index in [2.05, 4.69) is 45.2 Å². The zero-order chi connectivity index (χ0) is 17.1. The zero-order valence-electron chi connectivity index (χ0n) is 14.5. The van der Waals surface area contributed by atoms with Crippen LogP contribution in [0.5, 0.6) is 0 Å². The number of benzene rings is 1. The van der Waals surface area contributed by atoms with E-state index in [0.29, 0.717) is 5.92 Å². The third kappa shape index (κ3) is 3.61. The molecule has 1 fully saturated rings. The summed E-state index contributed by atoms with van der Waals surface area (Å²) in [6.45, 7) is 3.20. The summed E-state index contributed by atoms with van der Waals surface area (Å²) in [5.41, 5.74) is 4.37. The SMILES string of the molecule is Cn1cncc1-c1cncc([C@H]2CCCN(Cc3ccccc3)C2)n1. The van der Waals surface area contributed by atoms with Crippen molar-refractivity contribution in [3.63, 3.8) is 0 Å². The molecule has 5 heteroatoms. The molecular weight excluding hydrogens is 310 g/mol. The quantitative estimate of drug-likeness (QED) is 0.735. The minimum Gasteiger partial charge on any atom is -0.332 e. The van der Waals surface area contributed by atoms with Crippen LogP contribution in [0.3, 0.4) is 0 Å². The summed E-state index contributed by atoms with van der Waals surface area (Å²) in [6.07, 6.45) is 9.77. The van der Waals surface area contributed by atoms with Gasteiger partial charge in [-0.25, -0.2) is 9.97 Å². The van der Waals surface area contributed by atoms with Crippen LogP contribution in [0.1, 0.15) is 30.0 Å². The van der Waals surface area contributed by atoms with Crippen LogP contribution in [0.4, 0.5) is 0 Å². The van der Waals surface area contributed by atoms with Crippen molar-refractivity contribution in [3.8, 4) is 11.4 Å². The smallest absolute Gasteiger partial charge is 0.107 e. The lowest BCUT2D eigenvalue weighted by Crippen LogP contribution is -2.34. The van der Waals surface area contributed by atoms with Gasteiger partial charge in [0.25, 0.3) is 0 Å². The second-order valence-electron chi connectivity index (χ2n) is 6.78. The van der Waals surface area contributed by atoms with Crippen LogP contribution in [-0.4, -0.2) is 37.5 Å². The summed E-state index contributed by atoms with van der Waals surface area (Å²) < 4.78 is 1.98. The predicted molar refractivity (Wildman–Crippen MR) is 97.9 cm³/mol. The highest BCUT2D eigenvalue weighted by molar-refractivity contribution is 5.52. The van der Waals surface area contributed by atoms with Gasteiger partial charge in [0.2, 0.25) is 0 Å². The highest BCUT2D eigenvalue weighted by Crippen LogP contribution is 2.27. The number of imidazole rings is 1. The first-order chi connectivity index (χ1) is 12.3. The second-order valence-corrected chi connectivity index (χ2v) is 6.78. The van der Waals surface area contributed by atoms with Crippen molar-refractivity contribution in [2.75, 3.05) is 13.1 Å². The second kappa shape index (κ2) is 7.15. The number of piperidine rings is 1. The first-order valence-corrected chi connectivity index (χ1v) is 8.84. The van der Waals surface area contributed by atoms with Crippen LogP contribution in [0.15, 0.2) is 55.2 Å². The molecule has 1 atom stereocenters. The Bertz CT molecular complexity index is 827. The summed E-state index contributed by atoms with van der Waals surface area (Å²) in [4.78, 5) is 16.1. The van der Waals surface area contributed by atoms with Crippen LogP contribution in [0.2, 0.25) is 0 Å². The van der Waals surface area contributed by atoms with E-state index in [0.717, 1.165) is 36.7 Å². The number of aromatic nitrogens is 4. The highest BCUT2D eigenvalue weighted by Gasteiger charge is 2.23. The molecule has 25 heavy (non-hydrogen) atoms. The maximum absolute atomic E-state index is 4.89. The number of hydrogen-bond acceptors (Lipinski definition) is 4. The van der Waals surface area contributed by atoms with Gasteiger partial charge in [0.05, 0.1) is 30.1 Å².